The fourth-order valence-corrected chi connectivity index (χ4v) is 5.00. The van der Waals surface area contributed by atoms with Gasteiger partial charge in [-0.1, -0.05) is 89.9 Å². The Morgan fingerprint density at radius 3 is 2.06 bits per heavy atom. The molecule has 1 atom stereocenters. The molecule has 7 heteroatoms. The molecule has 0 saturated heterocycles. The number of likely N-dealkylation sites (N-methyl/N-ethyl adjacent to an activating group) is 1. The molecule has 0 aliphatic rings. The van der Waals surface area contributed by atoms with Crippen molar-refractivity contribution in [1.29, 1.82) is 0 Å². The van der Waals surface area contributed by atoms with Gasteiger partial charge in [0.2, 0.25) is 11.8 Å². The summed E-state index contributed by atoms with van der Waals surface area (Å²) in [7, 11) is 0. The molecular weight excluding hydrogens is 487 g/mol. The van der Waals surface area contributed by atoms with Gasteiger partial charge in [-0.25, -0.2) is 0 Å². The van der Waals surface area contributed by atoms with E-state index in [0.29, 0.717) is 34.3 Å². The summed E-state index contributed by atoms with van der Waals surface area (Å²) >= 11 is 14.4. The first-order chi connectivity index (χ1) is 16.5. The van der Waals surface area contributed by atoms with Crippen molar-refractivity contribution in [1.82, 2.24) is 10.2 Å². The van der Waals surface area contributed by atoms with Crippen LogP contribution in [0.4, 0.5) is 0 Å². The molecular formula is C27H28Cl2N2O2S. The maximum Gasteiger partial charge on any atom is 0.243 e. The summed E-state index contributed by atoms with van der Waals surface area (Å²) in [5.41, 5.74) is 2.75. The highest BCUT2D eigenvalue weighted by molar-refractivity contribution is 7.99. The van der Waals surface area contributed by atoms with Crippen LogP contribution < -0.4 is 5.32 Å². The molecule has 0 saturated carbocycles. The first kappa shape index (κ1) is 26.1. The monoisotopic (exact) mass is 514 g/mol. The van der Waals surface area contributed by atoms with Gasteiger partial charge in [0.05, 0.1) is 5.75 Å². The van der Waals surface area contributed by atoms with Gasteiger partial charge in [0.15, 0.2) is 0 Å². The lowest BCUT2D eigenvalue weighted by atomic mass is 10.0. The molecule has 0 fully saturated rings. The first-order valence-corrected chi connectivity index (χ1v) is 13.1. The van der Waals surface area contributed by atoms with Crippen LogP contribution in [0.3, 0.4) is 0 Å². The van der Waals surface area contributed by atoms with Crippen molar-refractivity contribution in [2.45, 2.75) is 31.7 Å². The number of benzene rings is 3. The van der Waals surface area contributed by atoms with Crippen molar-refractivity contribution >= 4 is 46.8 Å². The average Bonchev–Trinajstić information content (AvgIpc) is 2.84. The summed E-state index contributed by atoms with van der Waals surface area (Å²) in [6.45, 7) is 2.49. The molecule has 0 bridgehead atoms. The number of halogens is 2. The summed E-state index contributed by atoms with van der Waals surface area (Å²) < 4.78 is 0. The minimum Gasteiger partial charge on any atom is -0.355 e. The Labute approximate surface area is 215 Å². The van der Waals surface area contributed by atoms with Gasteiger partial charge in [0, 0.05) is 40.9 Å². The lowest BCUT2D eigenvalue weighted by Gasteiger charge is -2.32. The third-order valence-electron chi connectivity index (χ3n) is 5.35. The predicted molar refractivity (Wildman–Crippen MR) is 142 cm³/mol. The van der Waals surface area contributed by atoms with Crippen LogP contribution >= 0.6 is 35.0 Å². The van der Waals surface area contributed by atoms with Gasteiger partial charge in [-0.05, 0) is 30.2 Å². The zero-order valence-electron chi connectivity index (χ0n) is 19.0. The maximum atomic E-state index is 13.5. The molecule has 0 aliphatic carbocycles. The van der Waals surface area contributed by atoms with Gasteiger partial charge >= 0.3 is 0 Å². The summed E-state index contributed by atoms with van der Waals surface area (Å²) in [4.78, 5) is 28.3. The molecule has 0 aromatic heterocycles. The second kappa shape index (κ2) is 13.4. The molecule has 1 N–H and O–H groups in total. The maximum absolute atomic E-state index is 13.5. The SMILES string of the molecule is CCNC(=O)[C@@H](Cc1ccccc1)N(Cc1c(Cl)cccc1Cl)C(=O)CSCc1ccccc1. The second-order valence-electron chi connectivity index (χ2n) is 7.80. The molecule has 2 amide bonds. The Hall–Kier alpha value is -2.47. The molecule has 0 aliphatic heterocycles. The Morgan fingerprint density at radius 2 is 1.47 bits per heavy atom. The zero-order valence-corrected chi connectivity index (χ0v) is 21.4. The van der Waals surface area contributed by atoms with E-state index < -0.39 is 6.04 Å². The van der Waals surface area contributed by atoms with Crippen molar-refractivity contribution in [2.24, 2.45) is 0 Å². The van der Waals surface area contributed by atoms with E-state index in [2.05, 4.69) is 5.32 Å². The van der Waals surface area contributed by atoms with E-state index in [4.69, 9.17) is 23.2 Å². The Kier molecular flexibility index (Phi) is 10.3. The van der Waals surface area contributed by atoms with Gasteiger partial charge in [-0.15, -0.1) is 11.8 Å². The number of rotatable bonds is 11. The topological polar surface area (TPSA) is 49.4 Å². The van der Waals surface area contributed by atoms with E-state index in [-0.39, 0.29) is 24.1 Å². The van der Waals surface area contributed by atoms with E-state index in [1.807, 2.05) is 67.6 Å². The third kappa shape index (κ3) is 7.52. The molecule has 0 unspecified atom stereocenters. The quantitative estimate of drug-likeness (QED) is 0.341. The van der Waals surface area contributed by atoms with Crippen LogP contribution in [-0.4, -0.2) is 35.1 Å². The van der Waals surface area contributed by atoms with E-state index >= 15 is 0 Å². The zero-order chi connectivity index (χ0) is 24.3. The molecule has 0 heterocycles. The Morgan fingerprint density at radius 1 is 0.882 bits per heavy atom. The number of nitrogens with zero attached hydrogens (tertiary/aromatic N) is 1. The number of carbonyl (C=O) groups is 2. The number of thioether (sulfide) groups is 1. The second-order valence-corrected chi connectivity index (χ2v) is 9.60. The van der Waals surface area contributed by atoms with Crippen LogP contribution in [0, 0.1) is 0 Å². The number of amides is 2. The van der Waals surface area contributed by atoms with Gasteiger partial charge in [-0.2, -0.15) is 0 Å². The molecule has 34 heavy (non-hydrogen) atoms. The van der Waals surface area contributed by atoms with Crippen LogP contribution in [0.2, 0.25) is 10.0 Å². The fraction of sp³-hybridized carbons (Fsp3) is 0.259. The van der Waals surface area contributed by atoms with Crippen LogP contribution in [-0.2, 0) is 28.3 Å². The summed E-state index contributed by atoms with van der Waals surface area (Å²) in [6, 6.07) is 24.3. The summed E-state index contributed by atoms with van der Waals surface area (Å²) in [5, 5.41) is 3.83. The lowest BCUT2D eigenvalue weighted by molar-refractivity contribution is -0.139. The first-order valence-electron chi connectivity index (χ1n) is 11.1. The van der Waals surface area contributed by atoms with Crippen molar-refractivity contribution in [2.75, 3.05) is 12.3 Å². The minimum atomic E-state index is -0.695. The predicted octanol–water partition coefficient (Wildman–Crippen LogP) is 6.00. The number of hydrogen-bond acceptors (Lipinski definition) is 3. The highest BCUT2D eigenvalue weighted by Gasteiger charge is 2.31. The third-order valence-corrected chi connectivity index (χ3v) is 7.05. The van der Waals surface area contributed by atoms with E-state index in [0.717, 1.165) is 11.1 Å². The van der Waals surface area contributed by atoms with Crippen LogP contribution in [0.1, 0.15) is 23.6 Å². The van der Waals surface area contributed by atoms with Crippen LogP contribution in [0.15, 0.2) is 78.9 Å². The van der Waals surface area contributed by atoms with Gasteiger partial charge in [-0.3, -0.25) is 9.59 Å². The van der Waals surface area contributed by atoms with Crippen molar-refractivity contribution in [3.05, 3.63) is 106 Å². The minimum absolute atomic E-state index is 0.135. The summed E-state index contributed by atoms with van der Waals surface area (Å²) in [6.07, 6.45) is 0.393. The smallest absolute Gasteiger partial charge is 0.243 e. The van der Waals surface area contributed by atoms with Crippen molar-refractivity contribution < 1.29 is 9.59 Å². The Balaban J connectivity index is 1.88. The molecule has 4 nitrogen and oxygen atoms in total. The van der Waals surface area contributed by atoms with Crippen LogP contribution in [0.25, 0.3) is 0 Å². The molecule has 0 spiro atoms. The average molecular weight is 516 g/mol. The van der Waals surface area contributed by atoms with Gasteiger partial charge in [0.1, 0.15) is 6.04 Å². The van der Waals surface area contributed by atoms with Gasteiger partial charge in [0.25, 0.3) is 0 Å². The molecule has 178 valence electrons. The van der Waals surface area contributed by atoms with E-state index in [1.165, 1.54) is 11.8 Å². The molecule has 0 radical (unpaired) electrons. The largest absolute Gasteiger partial charge is 0.355 e. The van der Waals surface area contributed by atoms with Crippen LogP contribution in [0.5, 0.6) is 0 Å². The van der Waals surface area contributed by atoms with Crippen molar-refractivity contribution in [3.63, 3.8) is 0 Å². The Bertz CT molecular complexity index is 1060. The normalized spacial score (nSPS) is 11.6. The van der Waals surface area contributed by atoms with Gasteiger partial charge < -0.3 is 10.2 Å². The highest BCUT2D eigenvalue weighted by atomic mass is 35.5. The molecule has 3 rings (SSSR count). The fourth-order valence-electron chi connectivity index (χ4n) is 3.61. The van der Waals surface area contributed by atoms with E-state index in [1.54, 1.807) is 23.1 Å². The number of hydrogen-bond donors (Lipinski definition) is 1. The molecule has 3 aromatic carbocycles. The summed E-state index contributed by atoms with van der Waals surface area (Å²) in [5.74, 6) is 0.611. The number of carbonyl (C=O) groups excluding carboxylic acids is 2. The highest BCUT2D eigenvalue weighted by Crippen LogP contribution is 2.27. The number of nitrogens with one attached hydrogen (secondary N) is 1. The lowest BCUT2D eigenvalue weighted by Crippen LogP contribution is -2.51. The molecule has 3 aromatic rings. The van der Waals surface area contributed by atoms with E-state index in [9.17, 15) is 9.59 Å². The standard InChI is InChI=1S/C27H28Cl2N2O2S/c1-2-30-27(33)25(16-20-10-5-3-6-11-20)31(17-22-23(28)14-9-15-24(22)29)26(32)19-34-18-21-12-7-4-8-13-21/h3-15,25H,2,16-19H2,1H3,(H,30,33)/t25-/m1/s1. The van der Waals surface area contributed by atoms with Crippen molar-refractivity contribution in [3.8, 4) is 0 Å².